The number of benzene rings is 3. The van der Waals surface area contributed by atoms with Gasteiger partial charge < -0.3 is 29.9 Å². The summed E-state index contributed by atoms with van der Waals surface area (Å²) in [4.78, 5) is 26.1. The number of aliphatic hydroxyl groups is 1. The van der Waals surface area contributed by atoms with Crippen molar-refractivity contribution in [2.75, 3.05) is 18.4 Å². The second-order valence-electron chi connectivity index (χ2n) is 10.2. The molecule has 3 N–H and O–H groups in total. The number of carboxylic acid groups (broad SMARTS) is 1. The number of piperidine rings is 1. The molecule has 0 saturated carbocycles. The van der Waals surface area contributed by atoms with Crippen LogP contribution >= 0.6 is 11.6 Å². The van der Waals surface area contributed by atoms with Crippen LogP contribution in [0, 0.1) is 5.92 Å². The number of urea groups is 1. The monoisotopic (exact) mass is 566 g/mol. The maximum Gasteiger partial charge on any atom is 0.335 e. The van der Waals surface area contributed by atoms with Crippen LogP contribution < -0.4 is 14.8 Å². The van der Waals surface area contributed by atoms with Gasteiger partial charge in [0.1, 0.15) is 23.0 Å². The molecule has 0 atom stereocenters. The van der Waals surface area contributed by atoms with Gasteiger partial charge in [0.2, 0.25) is 0 Å². The highest BCUT2D eigenvalue weighted by molar-refractivity contribution is 6.32. The van der Waals surface area contributed by atoms with Crippen molar-refractivity contribution in [1.82, 2.24) is 4.90 Å². The molecule has 0 aromatic heterocycles. The van der Waals surface area contributed by atoms with E-state index in [1.165, 1.54) is 12.1 Å². The van der Waals surface area contributed by atoms with Gasteiger partial charge in [-0.25, -0.2) is 9.59 Å². The maximum atomic E-state index is 13.2. The second-order valence-corrected chi connectivity index (χ2v) is 10.6. The Kier molecular flexibility index (Phi) is 9.55. The maximum absolute atomic E-state index is 13.2. The van der Waals surface area contributed by atoms with Gasteiger partial charge in [0, 0.05) is 37.0 Å². The standard InChI is InChI=1S/C31H35ClN2O6/c1-3-21(4-2)20-31(38)13-15-34(16-14-31)30(37)33-23-17-25(39-24-11-9-22(10-12-24)29(35)36)19-26(18-23)40-28-8-6-5-7-27(28)32/h5-12,17-19,21,38H,3-4,13-16,20H2,1-2H3,(H,33,37)(H,35,36). The number of ether oxygens (including phenoxy) is 2. The van der Waals surface area contributed by atoms with Gasteiger partial charge in [-0.05, 0) is 61.6 Å². The smallest absolute Gasteiger partial charge is 0.335 e. The van der Waals surface area contributed by atoms with E-state index >= 15 is 0 Å². The minimum Gasteiger partial charge on any atom is -0.478 e. The summed E-state index contributed by atoms with van der Waals surface area (Å²) < 4.78 is 12.0. The lowest BCUT2D eigenvalue weighted by molar-refractivity contribution is -0.0309. The van der Waals surface area contributed by atoms with Crippen molar-refractivity contribution in [3.63, 3.8) is 0 Å². The highest BCUT2D eigenvalue weighted by atomic mass is 35.5. The highest BCUT2D eigenvalue weighted by Gasteiger charge is 2.35. The van der Waals surface area contributed by atoms with Gasteiger partial charge in [0.15, 0.2) is 0 Å². The molecule has 3 aromatic rings. The van der Waals surface area contributed by atoms with E-state index in [9.17, 15) is 14.7 Å². The topological polar surface area (TPSA) is 108 Å². The van der Waals surface area contributed by atoms with Crippen LogP contribution in [0.25, 0.3) is 0 Å². The molecule has 8 nitrogen and oxygen atoms in total. The Morgan fingerprint density at radius 3 is 2.17 bits per heavy atom. The Morgan fingerprint density at radius 2 is 1.57 bits per heavy atom. The highest BCUT2D eigenvalue weighted by Crippen LogP contribution is 2.36. The van der Waals surface area contributed by atoms with E-state index in [1.807, 2.05) is 0 Å². The van der Waals surface area contributed by atoms with E-state index in [0.717, 1.165) is 19.3 Å². The lowest BCUT2D eigenvalue weighted by atomic mass is 9.81. The number of aromatic carboxylic acids is 1. The number of carbonyl (C=O) groups excluding carboxylic acids is 1. The van der Waals surface area contributed by atoms with E-state index in [2.05, 4.69) is 19.2 Å². The number of likely N-dealkylation sites (tertiary alicyclic amines) is 1. The average molecular weight is 567 g/mol. The van der Waals surface area contributed by atoms with Crippen molar-refractivity contribution in [3.05, 3.63) is 77.3 Å². The molecule has 1 heterocycles. The molecule has 9 heteroatoms. The molecule has 3 aromatic carbocycles. The molecule has 212 valence electrons. The Balaban J connectivity index is 1.50. The number of para-hydroxylation sites is 1. The Morgan fingerprint density at radius 1 is 0.950 bits per heavy atom. The minimum atomic E-state index is -1.03. The fourth-order valence-corrected chi connectivity index (χ4v) is 5.04. The van der Waals surface area contributed by atoms with Gasteiger partial charge in [-0.2, -0.15) is 0 Å². The van der Waals surface area contributed by atoms with Crippen molar-refractivity contribution in [2.45, 2.75) is 51.6 Å². The number of amides is 2. The van der Waals surface area contributed by atoms with E-state index in [4.69, 9.17) is 26.2 Å². The van der Waals surface area contributed by atoms with Crippen LogP contribution in [0.2, 0.25) is 5.02 Å². The number of nitrogens with zero attached hydrogens (tertiary/aromatic N) is 1. The number of rotatable bonds is 10. The van der Waals surface area contributed by atoms with Gasteiger partial charge in [-0.15, -0.1) is 0 Å². The molecule has 4 rings (SSSR count). The molecule has 1 fully saturated rings. The van der Waals surface area contributed by atoms with Crippen molar-refractivity contribution in [3.8, 4) is 23.0 Å². The van der Waals surface area contributed by atoms with Crippen LogP contribution in [0.15, 0.2) is 66.7 Å². The third-order valence-electron chi connectivity index (χ3n) is 7.34. The quantitative estimate of drug-likeness (QED) is 0.231. The molecule has 1 saturated heterocycles. The number of halogens is 1. The van der Waals surface area contributed by atoms with Gasteiger partial charge in [-0.1, -0.05) is 50.4 Å². The Labute approximate surface area is 239 Å². The summed E-state index contributed by atoms with van der Waals surface area (Å²) in [6.45, 7) is 5.20. The normalized spacial score (nSPS) is 14.6. The lowest BCUT2D eigenvalue weighted by Crippen LogP contribution is -2.48. The van der Waals surface area contributed by atoms with E-state index in [1.54, 1.807) is 59.5 Å². The van der Waals surface area contributed by atoms with Gasteiger partial charge >= 0.3 is 12.0 Å². The van der Waals surface area contributed by atoms with Crippen LogP contribution in [0.5, 0.6) is 23.0 Å². The van der Waals surface area contributed by atoms with Crippen LogP contribution in [-0.2, 0) is 0 Å². The SMILES string of the molecule is CCC(CC)CC1(O)CCN(C(=O)Nc2cc(Oc3ccc(C(=O)O)cc3)cc(Oc3ccccc3Cl)c2)CC1. The van der Waals surface area contributed by atoms with E-state index < -0.39 is 11.6 Å². The zero-order valence-electron chi connectivity index (χ0n) is 22.7. The zero-order chi connectivity index (χ0) is 28.7. The predicted octanol–water partition coefficient (Wildman–Crippen LogP) is 7.81. The Bertz CT molecular complexity index is 1320. The number of nitrogens with one attached hydrogen (secondary N) is 1. The third-order valence-corrected chi connectivity index (χ3v) is 7.65. The summed E-state index contributed by atoms with van der Waals surface area (Å²) >= 11 is 6.28. The molecule has 0 spiro atoms. The molecular formula is C31H35ClN2O6. The first-order valence-electron chi connectivity index (χ1n) is 13.5. The molecule has 0 bridgehead atoms. The molecule has 2 amide bonds. The molecule has 0 radical (unpaired) electrons. The summed E-state index contributed by atoms with van der Waals surface area (Å²) in [5.74, 6) is 1.08. The number of hydrogen-bond acceptors (Lipinski definition) is 5. The zero-order valence-corrected chi connectivity index (χ0v) is 23.5. The van der Waals surface area contributed by atoms with Crippen LogP contribution in [0.3, 0.4) is 0 Å². The van der Waals surface area contributed by atoms with Gasteiger partial charge in [-0.3, -0.25) is 0 Å². The number of anilines is 1. The number of hydrogen-bond donors (Lipinski definition) is 3. The molecule has 40 heavy (non-hydrogen) atoms. The summed E-state index contributed by atoms with van der Waals surface area (Å²) in [5, 5.41) is 23.6. The molecular weight excluding hydrogens is 532 g/mol. The minimum absolute atomic E-state index is 0.143. The molecule has 1 aliphatic rings. The van der Waals surface area contributed by atoms with E-state index in [0.29, 0.717) is 65.6 Å². The van der Waals surface area contributed by atoms with Crippen molar-refractivity contribution in [2.24, 2.45) is 5.92 Å². The van der Waals surface area contributed by atoms with Crippen LogP contribution in [0.4, 0.5) is 10.5 Å². The van der Waals surface area contributed by atoms with E-state index in [-0.39, 0.29) is 11.6 Å². The third kappa shape index (κ3) is 7.67. The average Bonchev–Trinajstić information content (AvgIpc) is 2.93. The fourth-order valence-electron chi connectivity index (χ4n) is 4.87. The first-order valence-corrected chi connectivity index (χ1v) is 13.9. The number of carbonyl (C=O) groups is 2. The van der Waals surface area contributed by atoms with Crippen LogP contribution in [-0.4, -0.2) is 45.8 Å². The first kappa shape index (κ1) is 29.2. The first-order chi connectivity index (χ1) is 19.2. The number of carboxylic acids is 1. The van der Waals surface area contributed by atoms with Crippen molar-refractivity contribution in [1.29, 1.82) is 0 Å². The fraction of sp³-hybridized carbons (Fsp3) is 0.355. The largest absolute Gasteiger partial charge is 0.478 e. The second kappa shape index (κ2) is 13.1. The summed E-state index contributed by atoms with van der Waals surface area (Å²) in [6, 6.07) is 17.8. The Hall–Kier alpha value is -3.75. The summed E-state index contributed by atoms with van der Waals surface area (Å²) in [6.07, 6.45) is 3.89. The van der Waals surface area contributed by atoms with Crippen LogP contribution in [0.1, 0.15) is 56.3 Å². The molecule has 0 aliphatic carbocycles. The van der Waals surface area contributed by atoms with Gasteiger partial charge in [0.25, 0.3) is 0 Å². The molecule has 1 aliphatic heterocycles. The molecule has 0 unspecified atom stereocenters. The predicted molar refractivity (Wildman–Crippen MR) is 155 cm³/mol. The lowest BCUT2D eigenvalue weighted by Gasteiger charge is -2.39. The van der Waals surface area contributed by atoms with Crippen molar-refractivity contribution < 1.29 is 29.3 Å². The summed E-state index contributed by atoms with van der Waals surface area (Å²) in [5.41, 5.74) is -0.151. The van der Waals surface area contributed by atoms with Gasteiger partial charge in [0.05, 0.1) is 16.2 Å². The summed E-state index contributed by atoms with van der Waals surface area (Å²) in [7, 11) is 0. The van der Waals surface area contributed by atoms with Crippen molar-refractivity contribution >= 4 is 29.3 Å².